The molecule has 0 aromatic carbocycles. The second-order valence-corrected chi connectivity index (χ2v) is 17.9. The van der Waals surface area contributed by atoms with Crippen LogP contribution in [0.3, 0.4) is 0 Å². The fraction of sp³-hybridized carbons (Fsp3) is 0.887. The van der Waals surface area contributed by atoms with Crippen molar-refractivity contribution >= 4 is 11.9 Å². The highest BCUT2D eigenvalue weighted by molar-refractivity contribution is 5.76. The Kier molecular flexibility index (Phi) is 47.6. The van der Waals surface area contributed by atoms with E-state index >= 15 is 0 Å². The number of ether oxygens (including phenoxy) is 1. The summed E-state index contributed by atoms with van der Waals surface area (Å²) in [5, 5.41) is 23.0. The van der Waals surface area contributed by atoms with Crippen molar-refractivity contribution in [3.63, 3.8) is 0 Å². The molecule has 0 aliphatic heterocycles. The first-order valence-electron chi connectivity index (χ1n) is 26.1. The predicted molar refractivity (Wildman–Crippen MR) is 255 cm³/mol. The van der Waals surface area contributed by atoms with Crippen molar-refractivity contribution in [3.8, 4) is 0 Å². The van der Waals surface area contributed by atoms with Gasteiger partial charge in [0.15, 0.2) is 0 Å². The quantitative estimate of drug-likeness (QED) is 0.0322. The van der Waals surface area contributed by atoms with E-state index in [0.29, 0.717) is 19.4 Å². The third-order valence-electron chi connectivity index (χ3n) is 12.0. The first-order chi connectivity index (χ1) is 29.0. The second kappa shape index (κ2) is 49.0. The number of hydrogen-bond acceptors (Lipinski definition) is 5. The predicted octanol–water partition coefficient (Wildman–Crippen LogP) is 15.5. The third kappa shape index (κ3) is 45.7. The van der Waals surface area contributed by atoms with Crippen molar-refractivity contribution in [3.05, 3.63) is 24.3 Å². The number of rotatable bonds is 48. The molecule has 0 aliphatic carbocycles. The van der Waals surface area contributed by atoms with E-state index in [2.05, 4.69) is 31.3 Å². The molecule has 0 fully saturated rings. The molecule has 3 N–H and O–H groups in total. The number of unbranched alkanes of at least 4 members (excludes halogenated alkanes) is 35. The molecule has 0 aromatic heterocycles. The minimum atomic E-state index is -0.846. The van der Waals surface area contributed by atoms with Gasteiger partial charge in [0.2, 0.25) is 5.91 Å². The fourth-order valence-corrected chi connectivity index (χ4v) is 7.92. The molecule has 0 aromatic rings. The number of hydrogen-bond donors (Lipinski definition) is 3. The molecule has 1 amide bonds. The summed E-state index contributed by atoms with van der Waals surface area (Å²) < 4.78 is 5.46. The maximum absolute atomic E-state index is 12.4. The van der Waals surface area contributed by atoms with Crippen LogP contribution in [0.4, 0.5) is 0 Å². The Morgan fingerprint density at radius 2 is 0.797 bits per heavy atom. The van der Waals surface area contributed by atoms with Gasteiger partial charge in [0.1, 0.15) is 0 Å². The molecular weight excluding hydrogens is 731 g/mol. The van der Waals surface area contributed by atoms with Crippen LogP contribution in [0.15, 0.2) is 24.3 Å². The van der Waals surface area contributed by atoms with E-state index in [9.17, 15) is 19.8 Å². The summed E-state index contributed by atoms with van der Waals surface area (Å²) in [5.74, 6) is -0.0795. The minimum absolute atomic E-state index is 0.00520. The number of esters is 1. The average Bonchev–Trinajstić information content (AvgIpc) is 3.24. The summed E-state index contributed by atoms with van der Waals surface area (Å²) in [7, 11) is 0. The van der Waals surface area contributed by atoms with Crippen LogP contribution in [0, 0.1) is 0 Å². The fourth-order valence-electron chi connectivity index (χ4n) is 7.92. The number of amides is 1. The van der Waals surface area contributed by atoms with Crippen LogP contribution in [-0.2, 0) is 14.3 Å². The number of aliphatic hydroxyl groups is 2. The SMILES string of the molecule is CCCCCC/C=C\CCCCCCCC(=O)OCCCCCCCCCCCCCCCCCCCC(=O)NC(CO)C(O)/C=C/CCCCCCCCCCCC. The maximum atomic E-state index is 12.4. The molecule has 0 saturated heterocycles. The third-order valence-corrected chi connectivity index (χ3v) is 12.0. The lowest BCUT2D eigenvalue weighted by molar-refractivity contribution is -0.143. The first kappa shape index (κ1) is 57.3. The molecule has 0 rings (SSSR count). The highest BCUT2D eigenvalue weighted by Gasteiger charge is 2.18. The summed E-state index contributed by atoms with van der Waals surface area (Å²) in [4.78, 5) is 24.4. The maximum Gasteiger partial charge on any atom is 0.305 e. The van der Waals surface area contributed by atoms with Crippen molar-refractivity contribution < 1.29 is 24.5 Å². The van der Waals surface area contributed by atoms with Gasteiger partial charge in [-0.3, -0.25) is 9.59 Å². The number of carbonyl (C=O) groups is 2. The van der Waals surface area contributed by atoms with Crippen molar-refractivity contribution in [1.29, 1.82) is 0 Å². The van der Waals surface area contributed by atoms with Crippen LogP contribution >= 0.6 is 0 Å². The first-order valence-corrected chi connectivity index (χ1v) is 26.1. The summed E-state index contributed by atoms with van der Waals surface area (Å²) in [6.07, 6.45) is 57.5. The molecule has 2 atom stereocenters. The Hall–Kier alpha value is -1.66. The Morgan fingerprint density at radius 3 is 1.22 bits per heavy atom. The normalized spacial score (nSPS) is 12.8. The summed E-state index contributed by atoms with van der Waals surface area (Å²) in [6.45, 7) is 4.86. The molecule has 0 spiro atoms. The highest BCUT2D eigenvalue weighted by atomic mass is 16.5. The summed E-state index contributed by atoms with van der Waals surface area (Å²) in [5.41, 5.74) is 0. The zero-order chi connectivity index (χ0) is 43.0. The molecule has 6 heteroatoms. The molecule has 59 heavy (non-hydrogen) atoms. The van der Waals surface area contributed by atoms with E-state index in [-0.39, 0.29) is 18.5 Å². The van der Waals surface area contributed by atoms with Crippen LogP contribution in [0.5, 0.6) is 0 Å². The Morgan fingerprint density at radius 1 is 0.458 bits per heavy atom. The van der Waals surface area contributed by atoms with Gasteiger partial charge < -0.3 is 20.3 Å². The smallest absolute Gasteiger partial charge is 0.305 e. The van der Waals surface area contributed by atoms with Crippen LogP contribution in [-0.4, -0.2) is 47.4 Å². The standard InChI is InChI=1S/C53H101NO5/c1-3-5-7-9-11-13-15-22-27-31-35-39-43-47-53(58)59-48-44-40-36-32-28-24-21-19-17-18-20-23-26-30-34-38-42-46-52(57)54-50(49-55)51(56)45-41-37-33-29-25-16-14-12-10-8-6-4-2/h13,15,41,45,50-51,55-56H,3-12,14,16-40,42-44,46-49H2,1-2H3,(H,54,57)/b15-13-,45-41+. The molecular formula is C53H101NO5. The molecule has 0 bridgehead atoms. The second-order valence-electron chi connectivity index (χ2n) is 17.9. The van der Waals surface area contributed by atoms with E-state index < -0.39 is 12.1 Å². The van der Waals surface area contributed by atoms with Gasteiger partial charge in [-0.1, -0.05) is 231 Å². The van der Waals surface area contributed by atoms with E-state index in [0.717, 1.165) is 44.9 Å². The molecule has 0 heterocycles. The molecule has 2 unspecified atom stereocenters. The van der Waals surface area contributed by atoms with E-state index in [1.165, 1.54) is 205 Å². The van der Waals surface area contributed by atoms with Gasteiger partial charge in [0.25, 0.3) is 0 Å². The van der Waals surface area contributed by atoms with Crippen molar-refractivity contribution in [2.24, 2.45) is 0 Å². The van der Waals surface area contributed by atoms with Crippen molar-refractivity contribution in [2.45, 2.75) is 289 Å². The number of aliphatic hydroxyl groups excluding tert-OH is 2. The topological polar surface area (TPSA) is 95.9 Å². The molecule has 0 saturated carbocycles. The van der Waals surface area contributed by atoms with Gasteiger partial charge in [0, 0.05) is 12.8 Å². The van der Waals surface area contributed by atoms with Crippen LogP contribution < -0.4 is 5.32 Å². The van der Waals surface area contributed by atoms with Gasteiger partial charge >= 0.3 is 5.97 Å². The van der Waals surface area contributed by atoms with Gasteiger partial charge in [-0.2, -0.15) is 0 Å². The lowest BCUT2D eigenvalue weighted by Crippen LogP contribution is -2.45. The number of nitrogens with one attached hydrogen (secondary N) is 1. The lowest BCUT2D eigenvalue weighted by Gasteiger charge is -2.20. The van der Waals surface area contributed by atoms with E-state index in [1.807, 2.05) is 6.08 Å². The molecule has 348 valence electrons. The number of allylic oxidation sites excluding steroid dienone is 3. The zero-order valence-corrected chi connectivity index (χ0v) is 39.5. The minimum Gasteiger partial charge on any atom is -0.466 e. The van der Waals surface area contributed by atoms with Gasteiger partial charge in [-0.15, -0.1) is 0 Å². The molecule has 0 aliphatic rings. The van der Waals surface area contributed by atoms with Crippen LogP contribution in [0.25, 0.3) is 0 Å². The molecule has 6 nitrogen and oxygen atoms in total. The largest absolute Gasteiger partial charge is 0.466 e. The lowest BCUT2D eigenvalue weighted by atomic mass is 10.0. The van der Waals surface area contributed by atoms with E-state index in [4.69, 9.17) is 4.74 Å². The highest BCUT2D eigenvalue weighted by Crippen LogP contribution is 2.16. The summed E-state index contributed by atoms with van der Waals surface area (Å²) >= 11 is 0. The van der Waals surface area contributed by atoms with Gasteiger partial charge in [-0.05, 0) is 57.8 Å². The van der Waals surface area contributed by atoms with Crippen LogP contribution in [0.2, 0.25) is 0 Å². The Bertz CT molecular complexity index is 920. The van der Waals surface area contributed by atoms with Crippen LogP contribution in [0.1, 0.15) is 277 Å². The van der Waals surface area contributed by atoms with Crippen molar-refractivity contribution in [2.75, 3.05) is 13.2 Å². The zero-order valence-electron chi connectivity index (χ0n) is 39.5. The number of carbonyl (C=O) groups excluding carboxylic acids is 2. The van der Waals surface area contributed by atoms with E-state index in [1.54, 1.807) is 6.08 Å². The van der Waals surface area contributed by atoms with Gasteiger partial charge in [-0.25, -0.2) is 0 Å². The Balaban J connectivity index is 3.44. The monoisotopic (exact) mass is 832 g/mol. The summed E-state index contributed by atoms with van der Waals surface area (Å²) in [6, 6.07) is -0.630. The average molecular weight is 832 g/mol. The Labute approximate surface area is 367 Å². The van der Waals surface area contributed by atoms with Gasteiger partial charge in [0.05, 0.1) is 25.4 Å². The van der Waals surface area contributed by atoms with Crippen molar-refractivity contribution in [1.82, 2.24) is 5.32 Å². The molecule has 0 radical (unpaired) electrons.